The molecule has 2 N–H and O–H groups in total. The fourth-order valence-corrected chi connectivity index (χ4v) is 2.84. The average Bonchev–Trinajstić information content (AvgIpc) is 2.70. The highest BCUT2D eigenvalue weighted by Crippen LogP contribution is 2.32. The van der Waals surface area contributed by atoms with Gasteiger partial charge in [-0.25, -0.2) is 4.79 Å². The Kier molecular flexibility index (Phi) is 7.04. The van der Waals surface area contributed by atoms with Crippen molar-refractivity contribution >= 4 is 11.9 Å². The molecule has 150 valence electrons. The molecule has 0 spiro atoms. The summed E-state index contributed by atoms with van der Waals surface area (Å²) in [6.45, 7) is 4.59. The van der Waals surface area contributed by atoms with Crippen LogP contribution in [0.3, 0.4) is 0 Å². The number of benzene rings is 2. The number of carboxylic acid groups (broad SMARTS) is 1. The minimum atomic E-state index is -0.957. The molecule has 0 radical (unpaired) electrons. The molecule has 2 rings (SSSR count). The van der Waals surface area contributed by atoms with Crippen LogP contribution in [0.5, 0.6) is 11.5 Å². The number of aromatic carboxylic acids is 1. The Bertz CT molecular complexity index is 827. The van der Waals surface area contributed by atoms with Crippen LogP contribution in [0.2, 0.25) is 0 Å². The Morgan fingerprint density at radius 3 is 2.21 bits per heavy atom. The number of rotatable bonds is 9. The molecular weight excluding hydrogens is 358 g/mol. The number of ether oxygens (including phenoxy) is 2. The van der Waals surface area contributed by atoms with Gasteiger partial charge < -0.3 is 19.9 Å². The number of amides is 1. The average molecular weight is 385 g/mol. The molecule has 0 aliphatic rings. The summed E-state index contributed by atoms with van der Waals surface area (Å²) in [7, 11) is 3.19. The van der Waals surface area contributed by atoms with Crippen molar-refractivity contribution in [1.82, 2.24) is 5.32 Å². The maximum absolute atomic E-state index is 12.2. The molecule has 0 atom stereocenters. The Morgan fingerprint density at radius 1 is 1.00 bits per heavy atom. The van der Waals surface area contributed by atoms with Crippen LogP contribution in [-0.2, 0) is 16.6 Å². The molecule has 0 saturated heterocycles. The van der Waals surface area contributed by atoms with Gasteiger partial charge in [0.05, 0.1) is 19.8 Å². The van der Waals surface area contributed by atoms with E-state index in [1.807, 2.05) is 18.2 Å². The van der Waals surface area contributed by atoms with Crippen molar-refractivity contribution in [1.29, 1.82) is 0 Å². The quantitative estimate of drug-likeness (QED) is 0.691. The summed E-state index contributed by atoms with van der Waals surface area (Å²) < 4.78 is 10.6. The van der Waals surface area contributed by atoms with E-state index in [1.165, 1.54) is 0 Å². The van der Waals surface area contributed by atoms with E-state index in [0.717, 1.165) is 11.1 Å². The Labute approximate surface area is 165 Å². The predicted molar refractivity (Wildman–Crippen MR) is 107 cm³/mol. The topological polar surface area (TPSA) is 84.9 Å². The molecule has 0 heterocycles. The zero-order chi connectivity index (χ0) is 20.7. The second-order valence-electron chi connectivity index (χ2n) is 7.23. The van der Waals surface area contributed by atoms with E-state index < -0.39 is 5.97 Å². The number of methoxy groups -OCH3 is 2. The van der Waals surface area contributed by atoms with Gasteiger partial charge in [-0.3, -0.25) is 4.79 Å². The van der Waals surface area contributed by atoms with Crippen molar-refractivity contribution in [3.63, 3.8) is 0 Å². The molecule has 0 fully saturated rings. The molecular formula is C22H27NO5. The van der Waals surface area contributed by atoms with Gasteiger partial charge in [0.25, 0.3) is 0 Å². The van der Waals surface area contributed by atoms with Gasteiger partial charge >= 0.3 is 5.97 Å². The number of carbonyl (C=O) groups is 2. The Balaban J connectivity index is 1.91. The van der Waals surface area contributed by atoms with E-state index in [-0.39, 0.29) is 16.9 Å². The number of carbonyl (C=O) groups excluding carboxylic acids is 1. The molecule has 6 heteroatoms. The SMILES string of the molecule is COc1ccc(C(C)(C)CNC(=O)CCc2ccc(C(=O)O)cc2)cc1OC. The fourth-order valence-electron chi connectivity index (χ4n) is 2.84. The van der Waals surface area contributed by atoms with Gasteiger partial charge in [0.1, 0.15) is 0 Å². The lowest BCUT2D eigenvalue weighted by molar-refractivity contribution is -0.121. The third-order valence-corrected chi connectivity index (χ3v) is 4.73. The second kappa shape index (κ2) is 9.26. The zero-order valence-electron chi connectivity index (χ0n) is 16.7. The first-order valence-corrected chi connectivity index (χ1v) is 9.08. The monoisotopic (exact) mass is 385 g/mol. The molecule has 0 saturated carbocycles. The van der Waals surface area contributed by atoms with Crippen LogP contribution in [0.4, 0.5) is 0 Å². The highest BCUT2D eigenvalue weighted by Gasteiger charge is 2.23. The van der Waals surface area contributed by atoms with Crippen LogP contribution in [0, 0.1) is 0 Å². The first-order chi connectivity index (χ1) is 13.3. The molecule has 1 amide bonds. The summed E-state index contributed by atoms with van der Waals surface area (Å²) in [5, 5.41) is 11.9. The van der Waals surface area contributed by atoms with Gasteiger partial charge in [0.2, 0.25) is 5.91 Å². The summed E-state index contributed by atoms with van der Waals surface area (Å²) in [6, 6.07) is 12.3. The van der Waals surface area contributed by atoms with E-state index in [2.05, 4.69) is 19.2 Å². The molecule has 0 aliphatic carbocycles. The van der Waals surface area contributed by atoms with Crippen molar-refractivity contribution in [3.05, 3.63) is 59.2 Å². The standard InChI is InChI=1S/C22H27NO5/c1-22(2,17-10-11-18(27-3)19(13-17)28-4)14-23-20(24)12-7-15-5-8-16(9-6-15)21(25)26/h5-6,8-11,13H,7,12,14H2,1-4H3,(H,23,24)(H,25,26). The summed E-state index contributed by atoms with van der Waals surface area (Å²) in [5.74, 6) is 0.321. The lowest BCUT2D eigenvalue weighted by Crippen LogP contribution is -2.36. The van der Waals surface area contributed by atoms with Crippen molar-refractivity contribution in [3.8, 4) is 11.5 Å². The second-order valence-corrected chi connectivity index (χ2v) is 7.23. The molecule has 6 nitrogen and oxygen atoms in total. The van der Waals surface area contributed by atoms with E-state index >= 15 is 0 Å². The lowest BCUT2D eigenvalue weighted by Gasteiger charge is -2.26. The van der Waals surface area contributed by atoms with Gasteiger partial charge in [-0.15, -0.1) is 0 Å². The molecule has 0 aromatic heterocycles. The number of hydrogen-bond acceptors (Lipinski definition) is 4. The number of hydrogen-bond donors (Lipinski definition) is 2. The van der Waals surface area contributed by atoms with E-state index in [9.17, 15) is 9.59 Å². The maximum atomic E-state index is 12.2. The van der Waals surface area contributed by atoms with Crippen molar-refractivity contribution < 1.29 is 24.2 Å². The molecule has 2 aromatic carbocycles. The Hall–Kier alpha value is -3.02. The van der Waals surface area contributed by atoms with E-state index in [4.69, 9.17) is 14.6 Å². The molecule has 0 bridgehead atoms. The molecule has 28 heavy (non-hydrogen) atoms. The first kappa shape index (κ1) is 21.3. The van der Waals surface area contributed by atoms with Crippen molar-refractivity contribution in [2.75, 3.05) is 20.8 Å². The van der Waals surface area contributed by atoms with Crippen LogP contribution >= 0.6 is 0 Å². The third kappa shape index (κ3) is 5.49. The maximum Gasteiger partial charge on any atom is 0.335 e. The summed E-state index contributed by atoms with van der Waals surface area (Å²) in [6.07, 6.45) is 0.900. The summed E-state index contributed by atoms with van der Waals surface area (Å²) >= 11 is 0. The third-order valence-electron chi connectivity index (χ3n) is 4.73. The van der Waals surface area contributed by atoms with Crippen LogP contribution in [0.15, 0.2) is 42.5 Å². The first-order valence-electron chi connectivity index (χ1n) is 9.08. The smallest absolute Gasteiger partial charge is 0.335 e. The fraction of sp³-hybridized carbons (Fsp3) is 0.364. The Morgan fingerprint density at radius 2 is 1.64 bits per heavy atom. The van der Waals surface area contributed by atoms with Crippen molar-refractivity contribution in [2.24, 2.45) is 0 Å². The normalized spacial score (nSPS) is 11.0. The van der Waals surface area contributed by atoms with Crippen molar-refractivity contribution in [2.45, 2.75) is 32.1 Å². The number of aryl methyl sites for hydroxylation is 1. The van der Waals surface area contributed by atoms with E-state index in [0.29, 0.717) is 30.9 Å². The molecule has 0 aliphatic heterocycles. The largest absolute Gasteiger partial charge is 0.493 e. The van der Waals surface area contributed by atoms with E-state index in [1.54, 1.807) is 38.5 Å². The minimum Gasteiger partial charge on any atom is -0.493 e. The van der Waals surface area contributed by atoms with Crippen LogP contribution in [-0.4, -0.2) is 37.7 Å². The van der Waals surface area contributed by atoms with Gasteiger partial charge in [-0.1, -0.05) is 32.0 Å². The van der Waals surface area contributed by atoms with Gasteiger partial charge in [-0.05, 0) is 41.8 Å². The predicted octanol–water partition coefficient (Wildman–Crippen LogP) is 3.43. The number of carboxylic acids is 1. The molecule has 2 aromatic rings. The molecule has 0 unspecified atom stereocenters. The number of nitrogens with one attached hydrogen (secondary N) is 1. The van der Waals surface area contributed by atoms with Crippen LogP contribution < -0.4 is 14.8 Å². The van der Waals surface area contributed by atoms with Gasteiger partial charge in [0, 0.05) is 18.4 Å². The minimum absolute atomic E-state index is 0.0455. The van der Waals surface area contributed by atoms with Crippen LogP contribution in [0.1, 0.15) is 41.8 Å². The van der Waals surface area contributed by atoms with Gasteiger partial charge in [0.15, 0.2) is 11.5 Å². The van der Waals surface area contributed by atoms with Crippen LogP contribution in [0.25, 0.3) is 0 Å². The summed E-state index contributed by atoms with van der Waals surface area (Å²) in [4.78, 5) is 23.1. The lowest BCUT2D eigenvalue weighted by atomic mass is 9.84. The highest BCUT2D eigenvalue weighted by molar-refractivity contribution is 5.87. The zero-order valence-corrected chi connectivity index (χ0v) is 16.7. The summed E-state index contributed by atoms with van der Waals surface area (Å²) in [5.41, 5.74) is 1.93. The van der Waals surface area contributed by atoms with Gasteiger partial charge in [-0.2, -0.15) is 0 Å². The highest BCUT2D eigenvalue weighted by atomic mass is 16.5.